The Labute approximate surface area is 119 Å². The highest BCUT2D eigenvalue weighted by Crippen LogP contribution is 2.19. The molecule has 0 saturated heterocycles. The molecule has 1 aromatic carbocycles. The molecule has 0 radical (unpaired) electrons. The summed E-state index contributed by atoms with van der Waals surface area (Å²) < 4.78 is 0. The summed E-state index contributed by atoms with van der Waals surface area (Å²) in [5, 5.41) is 6.84. The van der Waals surface area contributed by atoms with Gasteiger partial charge < -0.3 is 5.32 Å². The lowest BCUT2D eigenvalue weighted by atomic mass is 10.0. The van der Waals surface area contributed by atoms with Crippen LogP contribution in [-0.2, 0) is 6.54 Å². The van der Waals surface area contributed by atoms with Crippen molar-refractivity contribution in [1.82, 2.24) is 10.3 Å². The zero-order chi connectivity index (χ0) is 14.0. The Morgan fingerprint density at radius 1 is 1.11 bits per heavy atom. The number of hydrogen-bond acceptors (Lipinski definition) is 3. The monoisotopic (exact) mass is 274 g/mol. The predicted molar refractivity (Wildman–Crippen MR) is 82.8 cm³/mol. The highest BCUT2D eigenvalue weighted by atomic mass is 32.1. The Hall–Kier alpha value is -1.19. The topological polar surface area (TPSA) is 24.9 Å². The van der Waals surface area contributed by atoms with E-state index in [0.29, 0.717) is 6.04 Å². The first-order chi connectivity index (χ1) is 8.97. The van der Waals surface area contributed by atoms with Crippen LogP contribution < -0.4 is 5.32 Å². The van der Waals surface area contributed by atoms with Crippen molar-refractivity contribution in [1.29, 1.82) is 0 Å². The van der Waals surface area contributed by atoms with Crippen molar-refractivity contribution in [3.05, 3.63) is 50.5 Å². The van der Waals surface area contributed by atoms with Crippen LogP contribution in [0, 0.1) is 27.7 Å². The largest absolute Gasteiger partial charge is 0.304 e. The Morgan fingerprint density at radius 3 is 2.42 bits per heavy atom. The maximum absolute atomic E-state index is 4.53. The number of aryl methyl sites for hydroxylation is 4. The molecule has 0 spiro atoms. The summed E-state index contributed by atoms with van der Waals surface area (Å²) in [4.78, 5) is 4.53. The number of nitrogens with zero attached hydrogens (tertiary/aromatic N) is 1. The average molecular weight is 274 g/mol. The second-order valence-corrected chi connectivity index (χ2v) is 6.18. The molecule has 1 atom stereocenters. The lowest BCUT2D eigenvalue weighted by Gasteiger charge is -2.14. The quantitative estimate of drug-likeness (QED) is 0.902. The fourth-order valence-corrected chi connectivity index (χ4v) is 2.96. The second kappa shape index (κ2) is 5.85. The first-order valence-corrected chi connectivity index (χ1v) is 7.57. The second-order valence-electron chi connectivity index (χ2n) is 5.29. The summed E-state index contributed by atoms with van der Waals surface area (Å²) >= 11 is 1.73. The van der Waals surface area contributed by atoms with Gasteiger partial charge in [0.15, 0.2) is 0 Å². The minimum absolute atomic E-state index is 0.305. The molecule has 0 bridgehead atoms. The minimum Gasteiger partial charge on any atom is -0.304 e. The summed E-state index contributed by atoms with van der Waals surface area (Å²) in [6.07, 6.45) is 0. The predicted octanol–water partition coefficient (Wildman–Crippen LogP) is 4.23. The number of nitrogens with one attached hydrogen (secondary N) is 1. The molecule has 1 unspecified atom stereocenters. The molecule has 0 saturated carbocycles. The van der Waals surface area contributed by atoms with E-state index >= 15 is 0 Å². The molecule has 2 aromatic rings. The Balaban J connectivity index is 2.04. The molecule has 2 nitrogen and oxygen atoms in total. The highest BCUT2D eigenvalue weighted by molar-refractivity contribution is 7.09. The summed E-state index contributed by atoms with van der Waals surface area (Å²) in [6, 6.07) is 4.86. The Morgan fingerprint density at radius 2 is 1.79 bits per heavy atom. The standard InChI is InChI=1S/C16H22N2S/c1-10-6-12(3)15(7-11(10)2)8-17-14(5)16-18-13(4)9-19-16/h6-7,9,14,17H,8H2,1-5H3. The van der Waals surface area contributed by atoms with Crippen LogP contribution in [0.1, 0.15) is 45.9 Å². The van der Waals surface area contributed by atoms with Gasteiger partial charge in [-0.2, -0.15) is 0 Å². The molecule has 0 aliphatic rings. The first-order valence-electron chi connectivity index (χ1n) is 6.69. The molecule has 1 heterocycles. The smallest absolute Gasteiger partial charge is 0.110 e. The van der Waals surface area contributed by atoms with Gasteiger partial charge in [-0.1, -0.05) is 12.1 Å². The zero-order valence-electron chi connectivity index (χ0n) is 12.4. The summed E-state index contributed by atoms with van der Waals surface area (Å²) in [5.41, 5.74) is 6.57. The van der Waals surface area contributed by atoms with E-state index in [1.807, 2.05) is 6.92 Å². The lowest BCUT2D eigenvalue weighted by molar-refractivity contribution is 0.569. The third-order valence-corrected chi connectivity index (χ3v) is 4.70. The van der Waals surface area contributed by atoms with Crippen molar-refractivity contribution in [3.63, 3.8) is 0 Å². The Kier molecular flexibility index (Phi) is 4.38. The molecule has 0 aliphatic carbocycles. The van der Waals surface area contributed by atoms with E-state index in [4.69, 9.17) is 0 Å². The van der Waals surface area contributed by atoms with Gasteiger partial charge in [0, 0.05) is 17.6 Å². The van der Waals surface area contributed by atoms with Crippen LogP contribution in [0.25, 0.3) is 0 Å². The maximum atomic E-state index is 4.53. The van der Waals surface area contributed by atoms with Crippen LogP contribution in [0.5, 0.6) is 0 Å². The number of aromatic nitrogens is 1. The van der Waals surface area contributed by atoms with Crippen molar-refractivity contribution in [2.45, 2.75) is 47.2 Å². The van der Waals surface area contributed by atoms with Gasteiger partial charge in [0.25, 0.3) is 0 Å². The molecule has 1 N–H and O–H groups in total. The third kappa shape index (κ3) is 3.43. The fraction of sp³-hybridized carbons (Fsp3) is 0.438. The van der Waals surface area contributed by atoms with Crippen LogP contribution in [0.2, 0.25) is 0 Å². The maximum Gasteiger partial charge on any atom is 0.110 e. The van der Waals surface area contributed by atoms with Crippen LogP contribution in [0.3, 0.4) is 0 Å². The molecule has 0 fully saturated rings. The van der Waals surface area contributed by atoms with Gasteiger partial charge in [-0.25, -0.2) is 4.98 Å². The first kappa shape index (κ1) is 14.2. The van der Waals surface area contributed by atoms with E-state index in [1.165, 1.54) is 27.3 Å². The zero-order valence-corrected chi connectivity index (χ0v) is 13.2. The van der Waals surface area contributed by atoms with E-state index in [1.54, 1.807) is 11.3 Å². The van der Waals surface area contributed by atoms with Gasteiger partial charge in [-0.05, 0) is 56.9 Å². The number of hydrogen-bond donors (Lipinski definition) is 1. The minimum atomic E-state index is 0.305. The molecular weight excluding hydrogens is 252 g/mol. The molecule has 19 heavy (non-hydrogen) atoms. The molecular formula is C16H22N2S. The lowest BCUT2D eigenvalue weighted by Crippen LogP contribution is -2.18. The van der Waals surface area contributed by atoms with Crippen molar-refractivity contribution in [2.75, 3.05) is 0 Å². The summed E-state index contributed by atoms with van der Waals surface area (Å²) in [5.74, 6) is 0. The van der Waals surface area contributed by atoms with Gasteiger partial charge in [-0.3, -0.25) is 0 Å². The normalized spacial score (nSPS) is 12.7. The molecule has 2 rings (SSSR count). The summed E-state index contributed by atoms with van der Waals surface area (Å²) in [6.45, 7) is 11.6. The van der Waals surface area contributed by atoms with E-state index in [9.17, 15) is 0 Å². The molecule has 0 amide bonds. The van der Waals surface area contributed by atoms with E-state index in [-0.39, 0.29) is 0 Å². The molecule has 0 aliphatic heterocycles. The van der Waals surface area contributed by atoms with Crippen LogP contribution in [-0.4, -0.2) is 4.98 Å². The third-order valence-electron chi connectivity index (χ3n) is 3.56. The van der Waals surface area contributed by atoms with Gasteiger partial charge in [0.1, 0.15) is 5.01 Å². The van der Waals surface area contributed by atoms with Crippen LogP contribution in [0.15, 0.2) is 17.5 Å². The highest BCUT2D eigenvalue weighted by Gasteiger charge is 2.09. The number of benzene rings is 1. The van der Waals surface area contributed by atoms with E-state index in [0.717, 1.165) is 12.2 Å². The van der Waals surface area contributed by atoms with Crippen LogP contribution >= 0.6 is 11.3 Å². The number of rotatable bonds is 4. The van der Waals surface area contributed by atoms with E-state index < -0.39 is 0 Å². The van der Waals surface area contributed by atoms with Gasteiger partial charge in [0.05, 0.1) is 6.04 Å². The Bertz CT molecular complexity index is 572. The summed E-state index contributed by atoms with van der Waals surface area (Å²) in [7, 11) is 0. The number of thiazole rings is 1. The van der Waals surface area contributed by atoms with Crippen molar-refractivity contribution >= 4 is 11.3 Å². The van der Waals surface area contributed by atoms with Crippen LogP contribution in [0.4, 0.5) is 0 Å². The van der Waals surface area contributed by atoms with Crippen molar-refractivity contribution in [3.8, 4) is 0 Å². The molecule has 3 heteroatoms. The fourth-order valence-electron chi connectivity index (χ4n) is 2.13. The SMILES string of the molecule is Cc1csc(C(C)NCc2cc(C)c(C)cc2C)n1. The van der Waals surface area contributed by atoms with Crippen molar-refractivity contribution in [2.24, 2.45) is 0 Å². The average Bonchev–Trinajstić information content (AvgIpc) is 2.78. The molecule has 1 aromatic heterocycles. The van der Waals surface area contributed by atoms with E-state index in [2.05, 4.69) is 55.5 Å². The van der Waals surface area contributed by atoms with Crippen molar-refractivity contribution < 1.29 is 0 Å². The van der Waals surface area contributed by atoms with Gasteiger partial charge >= 0.3 is 0 Å². The van der Waals surface area contributed by atoms with Gasteiger partial charge in [-0.15, -0.1) is 11.3 Å². The van der Waals surface area contributed by atoms with Gasteiger partial charge in [0.2, 0.25) is 0 Å². The molecule has 102 valence electrons.